The van der Waals surface area contributed by atoms with Gasteiger partial charge in [0.05, 0.1) is 5.60 Å². The Hall–Kier alpha value is -1.34. The van der Waals surface area contributed by atoms with Gasteiger partial charge in [-0.25, -0.2) is 0 Å². The highest BCUT2D eigenvalue weighted by Crippen LogP contribution is 2.17. The van der Waals surface area contributed by atoms with Crippen LogP contribution in [-0.2, 0) is 0 Å². The lowest BCUT2D eigenvalue weighted by Crippen LogP contribution is -2.17. The van der Waals surface area contributed by atoms with Crippen molar-refractivity contribution in [3.05, 3.63) is 58.2 Å². The molecule has 0 aliphatic heterocycles. The minimum absolute atomic E-state index is 0.534. The van der Waals surface area contributed by atoms with E-state index in [0.29, 0.717) is 0 Å². The molecule has 0 spiro atoms. The first-order chi connectivity index (χ1) is 14.5. The van der Waals surface area contributed by atoms with Crippen LogP contribution in [0.1, 0.15) is 126 Å². The zero-order valence-corrected chi connectivity index (χ0v) is 22.1. The molecule has 0 amide bonds. The van der Waals surface area contributed by atoms with Gasteiger partial charge in [0.2, 0.25) is 0 Å². The molecule has 0 heterocycles. The number of aliphatic hydroxyl groups is 1. The van der Waals surface area contributed by atoms with E-state index in [4.69, 9.17) is 0 Å². The third kappa shape index (κ3) is 21.7. The molecule has 0 fully saturated rings. The van der Waals surface area contributed by atoms with Crippen molar-refractivity contribution in [2.24, 2.45) is 0 Å². The molecular weight excluding hydrogens is 376 g/mol. The van der Waals surface area contributed by atoms with Crippen molar-refractivity contribution >= 4 is 0 Å². The smallest absolute Gasteiger partial charge is 0.0591 e. The highest BCUT2D eigenvalue weighted by Gasteiger charge is 2.11. The summed E-state index contributed by atoms with van der Waals surface area (Å²) in [6.07, 6.45) is 24.3. The zero-order valence-electron chi connectivity index (χ0n) is 22.1. The van der Waals surface area contributed by atoms with E-state index >= 15 is 0 Å². The molecule has 1 N–H and O–H groups in total. The minimum atomic E-state index is -0.534. The van der Waals surface area contributed by atoms with E-state index in [1.54, 1.807) is 0 Å². The van der Waals surface area contributed by atoms with E-state index in [2.05, 4.69) is 71.9 Å². The molecule has 0 aliphatic rings. The van der Waals surface area contributed by atoms with Gasteiger partial charge in [0, 0.05) is 0 Å². The molecule has 0 radical (unpaired) electrons. The molecule has 178 valence electrons. The molecule has 0 aromatic rings. The Balaban J connectivity index is 4.04. The third-order valence-electron chi connectivity index (χ3n) is 5.67. The lowest BCUT2D eigenvalue weighted by atomic mass is 9.99. The average Bonchev–Trinajstić information content (AvgIpc) is 2.64. The number of rotatable bonds is 16. The van der Waals surface area contributed by atoms with Crippen molar-refractivity contribution in [1.82, 2.24) is 0 Å². The number of unbranched alkanes of at least 4 members (excludes halogenated alkanes) is 1. The van der Waals surface area contributed by atoms with Gasteiger partial charge in [-0.15, -0.1) is 0 Å². The topological polar surface area (TPSA) is 20.2 Å². The molecule has 0 aliphatic carbocycles. The third-order valence-corrected chi connectivity index (χ3v) is 5.67. The van der Waals surface area contributed by atoms with Gasteiger partial charge >= 0.3 is 0 Å². The molecule has 31 heavy (non-hydrogen) atoms. The van der Waals surface area contributed by atoms with Crippen molar-refractivity contribution in [3.8, 4) is 0 Å². The Morgan fingerprint density at radius 1 is 0.548 bits per heavy atom. The van der Waals surface area contributed by atoms with Gasteiger partial charge in [-0.05, 0) is 126 Å². The van der Waals surface area contributed by atoms with Gasteiger partial charge in [0.1, 0.15) is 0 Å². The molecular formula is C30H52O. The van der Waals surface area contributed by atoms with E-state index < -0.39 is 5.60 Å². The first-order valence-electron chi connectivity index (χ1n) is 12.5. The predicted molar refractivity (Wildman–Crippen MR) is 142 cm³/mol. The van der Waals surface area contributed by atoms with E-state index in [1.807, 2.05) is 13.8 Å². The van der Waals surface area contributed by atoms with Crippen molar-refractivity contribution in [3.63, 3.8) is 0 Å². The van der Waals surface area contributed by atoms with Crippen LogP contribution in [0.4, 0.5) is 0 Å². The van der Waals surface area contributed by atoms with Crippen LogP contribution in [0.3, 0.4) is 0 Å². The minimum Gasteiger partial charge on any atom is -0.390 e. The summed E-state index contributed by atoms with van der Waals surface area (Å²) >= 11 is 0. The summed E-state index contributed by atoms with van der Waals surface area (Å²) in [7, 11) is 0. The molecule has 0 unspecified atom stereocenters. The fourth-order valence-corrected chi connectivity index (χ4v) is 3.55. The Labute approximate surface area is 195 Å². The molecule has 0 saturated heterocycles. The lowest BCUT2D eigenvalue weighted by Gasteiger charge is -2.16. The molecule has 0 aromatic carbocycles. The second-order valence-electron chi connectivity index (χ2n) is 10.3. The number of hydrogen-bond acceptors (Lipinski definition) is 1. The summed E-state index contributed by atoms with van der Waals surface area (Å²) in [6.45, 7) is 17.1. The Morgan fingerprint density at radius 3 is 1.29 bits per heavy atom. The average molecular weight is 429 g/mol. The van der Waals surface area contributed by atoms with Gasteiger partial charge in [-0.3, -0.25) is 0 Å². The largest absolute Gasteiger partial charge is 0.390 e. The van der Waals surface area contributed by atoms with Gasteiger partial charge in [0.15, 0.2) is 0 Å². The fraction of sp³-hybridized carbons (Fsp3) is 0.667. The second kappa shape index (κ2) is 17.2. The predicted octanol–water partition coefficient (Wildman–Crippen LogP) is 9.80. The highest BCUT2D eigenvalue weighted by molar-refractivity contribution is 5.07. The standard InChI is InChI=1S/C30H52O/c1-25(2)15-11-18-28(5)21-12-19-26(3)16-9-10-17-27(4)20-13-22-29(6)23-14-24-30(7,8)31/h15-17,21-22,31H,9-14,18-20,23-24H2,1-8H3. The van der Waals surface area contributed by atoms with Crippen molar-refractivity contribution in [2.75, 3.05) is 0 Å². The first kappa shape index (κ1) is 29.7. The summed E-state index contributed by atoms with van der Waals surface area (Å²) in [6, 6.07) is 0. The van der Waals surface area contributed by atoms with E-state index in [0.717, 1.165) is 44.9 Å². The molecule has 0 rings (SSSR count). The maximum absolute atomic E-state index is 9.79. The maximum Gasteiger partial charge on any atom is 0.0591 e. The van der Waals surface area contributed by atoms with Crippen LogP contribution in [-0.4, -0.2) is 10.7 Å². The Morgan fingerprint density at radius 2 is 0.903 bits per heavy atom. The Bertz CT molecular complexity index is 628. The zero-order chi connectivity index (χ0) is 23.7. The molecule has 1 heteroatoms. The monoisotopic (exact) mass is 428 g/mol. The summed E-state index contributed by atoms with van der Waals surface area (Å²) < 4.78 is 0. The lowest BCUT2D eigenvalue weighted by molar-refractivity contribution is 0.0689. The summed E-state index contributed by atoms with van der Waals surface area (Å²) in [5, 5.41) is 9.79. The van der Waals surface area contributed by atoms with Crippen LogP contribution in [0.25, 0.3) is 0 Å². The summed E-state index contributed by atoms with van der Waals surface area (Å²) in [5.41, 5.74) is 6.88. The molecule has 0 bridgehead atoms. The maximum atomic E-state index is 9.79. The normalized spacial score (nSPS) is 14.2. The fourth-order valence-electron chi connectivity index (χ4n) is 3.55. The molecule has 0 atom stereocenters. The van der Waals surface area contributed by atoms with Gasteiger partial charge < -0.3 is 5.11 Å². The van der Waals surface area contributed by atoms with Crippen LogP contribution >= 0.6 is 0 Å². The van der Waals surface area contributed by atoms with Gasteiger partial charge in [-0.1, -0.05) is 58.2 Å². The summed E-state index contributed by atoms with van der Waals surface area (Å²) in [5.74, 6) is 0. The number of hydrogen-bond donors (Lipinski definition) is 1. The Kier molecular flexibility index (Phi) is 16.5. The van der Waals surface area contributed by atoms with Crippen LogP contribution < -0.4 is 0 Å². The SMILES string of the molecule is CC(C)=CCCC(C)=CCCC(C)=CCCC=C(C)CCC=C(C)CCCC(C)(C)O. The van der Waals surface area contributed by atoms with Crippen molar-refractivity contribution in [1.29, 1.82) is 0 Å². The van der Waals surface area contributed by atoms with E-state index in [1.165, 1.54) is 53.5 Å². The number of allylic oxidation sites excluding steroid dienone is 10. The molecule has 1 nitrogen and oxygen atoms in total. The van der Waals surface area contributed by atoms with E-state index in [9.17, 15) is 5.11 Å². The van der Waals surface area contributed by atoms with Crippen LogP contribution in [0.15, 0.2) is 58.2 Å². The van der Waals surface area contributed by atoms with Crippen molar-refractivity contribution in [2.45, 2.75) is 132 Å². The highest BCUT2D eigenvalue weighted by atomic mass is 16.3. The summed E-state index contributed by atoms with van der Waals surface area (Å²) in [4.78, 5) is 0. The van der Waals surface area contributed by atoms with Crippen LogP contribution in [0, 0.1) is 0 Å². The van der Waals surface area contributed by atoms with Crippen LogP contribution in [0.5, 0.6) is 0 Å². The molecule has 0 aromatic heterocycles. The van der Waals surface area contributed by atoms with Gasteiger partial charge in [-0.2, -0.15) is 0 Å². The van der Waals surface area contributed by atoms with Crippen molar-refractivity contribution < 1.29 is 5.11 Å². The van der Waals surface area contributed by atoms with Crippen LogP contribution in [0.2, 0.25) is 0 Å². The first-order valence-corrected chi connectivity index (χ1v) is 12.5. The van der Waals surface area contributed by atoms with Gasteiger partial charge in [0.25, 0.3) is 0 Å². The second-order valence-corrected chi connectivity index (χ2v) is 10.3. The quantitative estimate of drug-likeness (QED) is 0.191. The van der Waals surface area contributed by atoms with E-state index in [-0.39, 0.29) is 0 Å². The molecule has 0 saturated carbocycles.